The molecular formula is C19H26N4O2. The molecule has 1 aliphatic rings. The van der Waals surface area contributed by atoms with E-state index in [0.717, 1.165) is 19.3 Å². The van der Waals surface area contributed by atoms with Crippen LogP contribution in [0.25, 0.3) is 0 Å². The topological polar surface area (TPSA) is 59.4 Å². The van der Waals surface area contributed by atoms with E-state index in [1.54, 1.807) is 4.68 Å². The third-order valence-corrected chi connectivity index (χ3v) is 4.41. The average Bonchev–Trinajstić information content (AvgIpc) is 3.05. The summed E-state index contributed by atoms with van der Waals surface area (Å²) in [5.74, 6) is 0. The Morgan fingerprint density at radius 2 is 2.16 bits per heavy atom. The average molecular weight is 342 g/mol. The fourth-order valence-corrected chi connectivity index (χ4v) is 3.10. The summed E-state index contributed by atoms with van der Waals surface area (Å²) < 4.78 is 7.62. The van der Waals surface area contributed by atoms with Crippen LogP contribution in [0.5, 0.6) is 0 Å². The zero-order valence-electron chi connectivity index (χ0n) is 14.7. The van der Waals surface area contributed by atoms with Crippen LogP contribution < -0.4 is 5.32 Å². The molecular weight excluding hydrogens is 316 g/mol. The normalized spacial score (nSPS) is 17.5. The van der Waals surface area contributed by atoms with E-state index in [1.807, 2.05) is 42.5 Å². The van der Waals surface area contributed by atoms with Gasteiger partial charge in [-0.2, -0.15) is 5.10 Å². The molecule has 6 nitrogen and oxygen atoms in total. The molecule has 0 radical (unpaired) electrons. The number of carbonyl (C=O) groups excluding carboxylic acids is 1. The summed E-state index contributed by atoms with van der Waals surface area (Å²) in [5.41, 5.74) is 2.44. The standard InChI is InChI=1S/C19H26N4O2/c1-22-14-17(13-21-22)8-5-9-20-19(24)23-10-11-25-18(15-23)12-16-6-3-2-4-7-16/h2-4,6-7,13-14,18H,5,8-12,15H2,1H3,(H,20,24). The van der Waals surface area contributed by atoms with Crippen molar-refractivity contribution >= 4 is 6.03 Å². The molecule has 1 fully saturated rings. The molecule has 1 aliphatic heterocycles. The van der Waals surface area contributed by atoms with E-state index in [2.05, 4.69) is 22.5 Å². The second kappa shape index (κ2) is 8.67. The SMILES string of the molecule is Cn1cc(CCCNC(=O)N2CCOC(Cc3ccccc3)C2)cn1. The Balaban J connectivity index is 1.39. The van der Waals surface area contributed by atoms with Gasteiger partial charge in [0.1, 0.15) is 0 Å². The number of carbonyl (C=O) groups is 1. The molecule has 2 amide bonds. The third-order valence-electron chi connectivity index (χ3n) is 4.41. The lowest BCUT2D eigenvalue weighted by Crippen LogP contribution is -2.50. The minimum absolute atomic E-state index is 0.00699. The van der Waals surface area contributed by atoms with Gasteiger partial charge in [0, 0.05) is 39.3 Å². The van der Waals surface area contributed by atoms with Crippen molar-refractivity contribution in [3.63, 3.8) is 0 Å². The van der Waals surface area contributed by atoms with Gasteiger partial charge in [-0.05, 0) is 24.0 Å². The quantitative estimate of drug-likeness (QED) is 0.817. The number of hydrogen-bond donors (Lipinski definition) is 1. The molecule has 3 rings (SSSR count). The number of benzene rings is 1. The maximum atomic E-state index is 12.4. The molecule has 0 saturated carbocycles. The number of amides is 2. The Morgan fingerprint density at radius 3 is 2.92 bits per heavy atom. The molecule has 2 aromatic rings. The van der Waals surface area contributed by atoms with E-state index >= 15 is 0 Å². The molecule has 1 aromatic heterocycles. The number of ether oxygens (including phenoxy) is 1. The summed E-state index contributed by atoms with van der Waals surface area (Å²) >= 11 is 0. The molecule has 1 saturated heterocycles. The summed E-state index contributed by atoms with van der Waals surface area (Å²) in [6, 6.07) is 10.3. The molecule has 25 heavy (non-hydrogen) atoms. The van der Waals surface area contributed by atoms with Crippen LogP contribution in [0.1, 0.15) is 17.5 Å². The maximum Gasteiger partial charge on any atom is 0.317 e. The van der Waals surface area contributed by atoms with Crippen LogP contribution in [0.3, 0.4) is 0 Å². The Labute approximate surface area is 148 Å². The first-order valence-electron chi connectivity index (χ1n) is 8.86. The predicted octanol–water partition coefficient (Wildman–Crippen LogP) is 2.01. The Hall–Kier alpha value is -2.34. The molecule has 6 heteroatoms. The van der Waals surface area contributed by atoms with E-state index in [9.17, 15) is 4.79 Å². The number of rotatable bonds is 6. The molecule has 1 aromatic carbocycles. The molecule has 2 heterocycles. The fourth-order valence-electron chi connectivity index (χ4n) is 3.10. The first kappa shape index (κ1) is 17.5. The Morgan fingerprint density at radius 1 is 1.32 bits per heavy atom. The molecule has 0 bridgehead atoms. The van der Waals surface area contributed by atoms with E-state index in [-0.39, 0.29) is 12.1 Å². The first-order chi connectivity index (χ1) is 12.2. The number of aryl methyl sites for hydroxylation is 2. The van der Waals surface area contributed by atoms with Crippen LogP contribution in [0.2, 0.25) is 0 Å². The largest absolute Gasteiger partial charge is 0.374 e. The summed E-state index contributed by atoms with van der Waals surface area (Å²) in [5, 5.41) is 7.17. The van der Waals surface area contributed by atoms with E-state index < -0.39 is 0 Å². The third kappa shape index (κ3) is 5.32. The lowest BCUT2D eigenvalue weighted by molar-refractivity contribution is -0.0132. The second-order valence-corrected chi connectivity index (χ2v) is 6.49. The van der Waals surface area contributed by atoms with Gasteiger partial charge in [-0.15, -0.1) is 0 Å². The molecule has 1 atom stereocenters. The van der Waals surface area contributed by atoms with Gasteiger partial charge in [0.05, 0.1) is 18.9 Å². The van der Waals surface area contributed by atoms with Gasteiger partial charge in [-0.3, -0.25) is 4.68 Å². The monoisotopic (exact) mass is 342 g/mol. The number of nitrogens with one attached hydrogen (secondary N) is 1. The number of morpholine rings is 1. The second-order valence-electron chi connectivity index (χ2n) is 6.49. The summed E-state index contributed by atoms with van der Waals surface area (Å²) in [6.45, 7) is 2.57. The molecule has 1 unspecified atom stereocenters. The van der Waals surface area contributed by atoms with Gasteiger partial charge in [0.2, 0.25) is 0 Å². The van der Waals surface area contributed by atoms with Crippen LogP contribution in [0.15, 0.2) is 42.7 Å². The van der Waals surface area contributed by atoms with Crippen molar-refractivity contribution in [1.29, 1.82) is 0 Å². The Bertz CT molecular complexity index is 671. The van der Waals surface area contributed by atoms with E-state index in [1.165, 1.54) is 11.1 Å². The van der Waals surface area contributed by atoms with Gasteiger partial charge in [0.25, 0.3) is 0 Å². The predicted molar refractivity (Wildman–Crippen MR) is 96.4 cm³/mol. The molecule has 0 aliphatic carbocycles. The zero-order chi connectivity index (χ0) is 17.5. The summed E-state index contributed by atoms with van der Waals surface area (Å²) in [6.07, 6.45) is 6.63. The van der Waals surface area contributed by atoms with Crippen molar-refractivity contribution in [2.24, 2.45) is 7.05 Å². The highest BCUT2D eigenvalue weighted by molar-refractivity contribution is 5.74. The number of hydrogen-bond acceptors (Lipinski definition) is 3. The van der Waals surface area contributed by atoms with Gasteiger partial charge in [-0.1, -0.05) is 30.3 Å². The highest BCUT2D eigenvalue weighted by atomic mass is 16.5. The molecule has 1 N–H and O–H groups in total. The van der Waals surface area contributed by atoms with Crippen LogP contribution in [-0.4, -0.2) is 53.1 Å². The van der Waals surface area contributed by atoms with Crippen molar-refractivity contribution in [2.45, 2.75) is 25.4 Å². The van der Waals surface area contributed by atoms with Gasteiger partial charge in [0.15, 0.2) is 0 Å². The molecule has 0 spiro atoms. The maximum absolute atomic E-state index is 12.4. The number of aromatic nitrogens is 2. The van der Waals surface area contributed by atoms with Crippen molar-refractivity contribution in [1.82, 2.24) is 20.0 Å². The summed E-state index contributed by atoms with van der Waals surface area (Å²) in [7, 11) is 1.91. The summed E-state index contributed by atoms with van der Waals surface area (Å²) in [4.78, 5) is 14.2. The van der Waals surface area contributed by atoms with Crippen molar-refractivity contribution in [3.8, 4) is 0 Å². The lowest BCUT2D eigenvalue weighted by atomic mass is 10.1. The van der Waals surface area contributed by atoms with Gasteiger partial charge >= 0.3 is 6.03 Å². The minimum atomic E-state index is 0.00699. The smallest absolute Gasteiger partial charge is 0.317 e. The van der Waals surface area contributed by atoms with Crippen LogP contribution >= 0.6 is 0 Å². The fraction of sp³-hybridized carbons (Fsp3) is 0.474. The van der Waals surface area contributed by atoms with Crippen LogP contribution in [0, 0.1) is 0 Å². The highest BCUT2D eigenvalue weighted by Crippen LogP contribution is 2.12. The Kier molecular flexibility index (Phi) is 6.06. The zero-order valence-corrected chi connectivity index (χ0v) is 14.7. The van der Waals surface area contributed by atoms with Crippen LogP contribution in [-0.2, 0) is 24.6 Å². The van der Waals surface area contributed by atoms with Crippen molar-refractivity contribution in [2.75, 3.05) is 26.2 Å². The van der Waals surface area contributed by atoms with Gasteiger partial charge < -0.3 is 15.0 Å². The van der Waals surface area contributed by atoms with Gasteiger partial charge in [-0.25, -0.2) is 4.79 Å². The minimum Gasteiger partial charge on any atom is -0.374 e. The number of urea groups is 1. The van der Waals surface area contributed by atoms with Crippen molar-refractivity contribution in [3.05, 3.63) is 53.9 Å². The van der Waals surface area contributed by atoms with Crippen molar-refractivity contribution < 1.29 is 9.53 Å². The lowest BCUT2D eigenvalue weighted by Gasteiger charge is -2.33. The van der Waals surface area contributed by atoms with E-state index in [4.69, 9.17) is 4.74 Å². The molecule has 134 valence electrons. The highest BCUT2D eigenvalue weighted by Gasteiger charge is 2.24. The first-order valence-corrected chi connectivity index (χ1v) is 8.86. The van der Waals surface area contributed by atoms with Crippen LogP contribution in [0.4, 0.5) is 4.79 Å². The number of nitrogens with zero attached hydrogens (tertiary/aromatic N) is 3. The van der Waals surface area contributed by atoms with E-state index in [0.29, 0.717) is 26.2 Å².